The van der Waals surface area contributed by atoms with E-state index in [0.29, 0.717) is 18.0 Å². The third-order valence-corrected chi connectivity index (χ3v) is 8.61. The zero-order chi connectivity index (χ0) is 34.5. The molecule has 0 spiro atoms. The van der Waals surface area contributed by atoms with Crippen LogP contribution < -0.4 is 16.0 Å². The highest BCUT2D eigenvalue weighted by atomic mass is 16.3. The van der Waals surface area contributed by atoms with Crippen LogP contribution in [0.1, 0.15) is 76.3 Å². The molecule has 0 bridgehead atoms. The van der Waals surface area contributed by atoms with Crippen LogP contribution in [0.15, 0.2) is 107 Å². The summed E-state index contributed by atoms with van der Waals surface area (Å²) in [4.78, 5) is 69.1. The van der Waals surface area contributed by atoms with Gasteiger partial charge in [-0.1, -0.05) is 60.7 Å². The molecule has 3 atom stereocenters. The molecule has 4 aromatic rings. The summed E-state index contributed by atoms with van der Waals surface area (Å²) in [5.74, 6) is -2.25. The lowest BCUT2D eigenvalue weighted by Crippen LogP contribution is -2.54. The maximum Gasteiger partial charge on any atom is 0.264 e. The molecule has 0 radical (unpaired) electrons. The summed E-state index contributed by atoms with van der Waals surface area (Å²) in [5.41, 5.74) is 3.29. The van der Waals surface area contributed by atoms with E-state index < -0.39 is 41.6 Å². The van der Waals surface area contributed by atoms with Gasteiger partial charge in [0.2, 0.25) is 17.7 Å². The largest absolute Gasteiger partial charge is 0.459 e. The number of benzene rings is 3. The van der Waals surface area contributed by atoms with Crippen molar-refractivity contribution in [2.24, 2.45) is 4.99 Å². The number of furan rings is 1. The van der Waals surface area contributed by atoms with Crippen molar-refractivity contribution >= 4 is 52.4 Å². The predicted molar refractivity (Wildman–Crippen MR) is 185 cm³/mol. The number of allylic oxidation sites excluding steroid dienone is 2. The minimum Gasteiger partial charge on any atom is -0.459 e. The topological polar surface area (TPSA) is 150 Å². The van der Waals surface area contributed by atoms with Crippen LogP contribution in [-0.2, 0) is 20.9 Å². The average Bonchev–Trinajstić information content (AvgIpc) is 3.65. The van der Waals surface area contributed by atoms with Crippen LogP contribution in [0.2, 0.25) is 0 Å². The number of nitrogens with one attached hydrogen (secondary N) is 3. The van der Waals surface area contributed by atoms with Crippen molar-refractivity contribution in [3.63, 3.8) is 0 Å². The molecule has 1 fully saturated rings. The first kappa shape index (κ1) is 32.8. The second kappa shape index (κ2) is 14.3. The van der Waals surface area contributed by atoms with E-state index in [9.17, 15) is 24.0 Å². The van der Waals surface area contributed by atoms with Gasteiger partial charge in [0, 0.05) is 36.5 Å². The van der Waals surface area contributed by atoms with Crippen LogP contribution >= 0.6 is 0 Å². The number of rotatable bonds is 11. The third-order valence-electron chi connectivity index (χ3n) is 8.61. The van der Waals surface area contributed by atoms with Gasteiger partial charge >= 0.3 is 0 Å². The van der Waals surface area contributed by atoms with Crippen molar-refractivity contribution in [2.45, 2.75) is 51.2 Å². The first-order valence-electron chi connectivity index (χ1n) is 16.0. The number of hydrogen-bond acceptors (Lipinski definition) is 8. The molecule has 2 aliphatic heterocycles. The number of carbonyl (C=O) groups is 5. The lowest BCUT2D eigenvalue weighted by Gasteiger charge is -2.27. The summed E-state index contributed by atoms with van der Waals surface area (Å²) in [6.45, 7) is 4.00. The summed E-state index contributed by atoms with van der Waals surface area (Å²) in [7, 11) is 0. The fourth-order valence-corrected chi connectivity index (χ4v) is 5.94. The summed E-state index contributed by atoms with van der Waals surface area (Å²) in [5, 5.41) is 9.50. The van der Waals surface area contributed by atoms with Gasteiger partial charge in [0.25, 0.3) is 11.8 Å². The number of fused-ring (bicyclic) bond motifs is 2. The fraction of sp³-hybridized carbons (Fsp3) is 0.211. The Balaban J connectivity index is 1.12. The summed E-state index contributed by atoms with van der Waals surface area (Å²) < 4.78 is 6.06. The molecule has 1 saturated heterocycles. The van der Waals surface area contributed by atoms with E-state index in [-0.39, 0.29) is 29.9 Å². The molecule has 1 aromatic heterocycles. The van der Waals surface area contributed by atoms with Crippen molar-refractivity contribution in [1.29, 1.82) is 0 Å². The van der Waals surface area contributed by atoms with Crippen LogP contribution in [0.25, 0.3) is 11.0 Å². The van der Waals surface area contributed by atoms with Crippen LogP contribution in [-0.4, -0.2) is 46.7 Å². The van der Waals surface area contributed by atoms with E-state index in [0.717, 1.165) is 27.0 Å². The molecule has 3 unspecified atom stereocenters. The molecule has 3 heterocycles. The minimum absolute atomic E-state index is 0.0523. The Morgan fingerprint density at radius 1 is 1.02 bits per heavy atom. The first-order valence-corrected chi connectivity index (χ1v) is 16.0. The highest BCUT2D eigenvalue weighted by Gasteiger charge is 2.45. The SMILES string of the molecule is CC=N/C=C\C=C\C(NC(=O)C(C)c1ccc(CNc2cccc3c2C(=O)N(C2CCC(=O)NC2=O)C3=O)cc1)c1cc2ccccc2o1. The van der Waals surface area contributed by atoms with Gasteiger partial charge in [-0.3, -0.25) is 39.2 Å². The molecule has 0 saturated carbocycles. The Labute approximate surface area is 282 Å². The molecule has 5 amide bonds. The Kier molecular flexibility index (Phi) is 9.61. The first-order chi connectivity index (χ1) is 23.7. The summed E-state index contributed by atoms with van der Waals surface area (Å²) >= 11 is 0. The lowest BCUT2D eigenvalue weighted by molar-refractivity contribution is -0.136. The lowest BCUT2D eigenvalue weighted by atomic mass is 9.98. The van der Waals surface area contributed by atoms with Crippen molar-refractivity contribution in [1.82, 2.24) is 15.5 Å². The quantitative estimate of drug-likeness (QED) is 0.108. The van der Waals surface area contributed by atoms with E-state index >= 15 is 0 Å². The summed E-state index contributed by atoms with van der Waals surface area (Å²) in [6.07, 6.45) is 8.93. The number of carbonyl (C=O) groups excluding carboxylic acids is 5. The van der Waals surface area contributed by atoms with Gasteiger partial charge in [0.15, 0.2) is 0 Å². The molecule has 11 nitrogen and oxygen atoms in total. The average molecular weight is 658 g/mol. The summed E-state index contributed by atoms with van der Waals surface area (Å²) in [6, 6.07) is 20.5. The molecule has 3 N–H and O–H groups in total. The van der Waals surface area contributed by atoms with E-state index in [1.165, 1.54) is 0 Å². The van der Waals surface area contributed by atoms with Crippen molar-refractivity contribution in [2.75, 3.05) is 5.32 Å². The molecule has 248 valence electrons. The number of amides is 5. The number of nitrogens with zero attached hydrogens (tertiary/aromatic N) is 2. The fourth-order valence-electron chi connectivity index (χ4n) is 5.94. The van der Waals surface area contributed by atoms with Crippen molar-refractivity contribution < 1.29 is 28.4 Å². The molecule has 49 heavy (non-hydrogen) atoms. The highest BCUT2D eigenvalue weighted by Crippen LogP contribution is 2.33. The van der Waals surface area contributed by atoms with Gasteiger partial charge in [0.1, 0.15) is 23.4 Å². The Morgan fingerprint density at radius 3 is 2.57 bits per heavy atom. The monoisotopic (exact) mass is 657 g/mol. The zero-order valence-electron chi connectivity index (χ0n) is 27.0. The molecule has 6 rings (SSSR count). The smallest absolute Gasteiger partial charge is 0.264 e. The van der Waals surface area contributed by atoms with E-state index in [1.54, 1.807) is 36.7 Å². The molecule has 2 aliphatic rings. The Hall–Kier alpha value is -6.10. The van der Waals surface area contributed by atoms with Gasteiger partial charge in [-0.25, -0.2) is 0 Å². The molecule has 3 aromatic carbocycles. The van der Waals surface area contributed by atoms with Gasteiger partial charge in [-0.05, 0) is 61.7 Å². The number of piperidine rings is 1. The van der Waals surface area contributed by atoms with Crippen LogP contribution in [0.4, 0.5) is 5.69 Å². The van der Waals surface area contributed by atoms with Crippen molar-refractivity contribution in [3.8, 4) is 0 Å². The number of imide groups is 2. The van der Waals surface area contributed by atoms with Gasteiger partial charge in [-0.15, -0.1) is 0 Å². The van der Waals surface area contributed by atoms with Gasteiger partial charge < -0.3 is 15.1 Å². The highest BCUT2D eigenvalue weighted by molar-refractivity contribution is 6.25. The standard InChI is InChI=1S/C38H35N5O6/c1-3-39-20-7-6-11-28(32-21-26-9-4-5-13-31(26)49-32)41-35(45)23(2)25-16-14-24(15-17-25)22-40-29-12-8-10-27-34(29)38(48)43(37(27)47)30-18-19-33(44)42-36(30)46/h3-17,20-21,23,28,30,40H,18-19,22H2,1-2H3,(H,41,45)(H,42,44,46)/b11-6+,20-7-,39-3?. The normalized spacial score (nSPS) is 17.7. The second-order valence-electron chi connectivity index (χ2n) is 11.8. The minimum atomic E-state index is -1.04. The molecule has 11 heteroatoms. The maximum absolute atomic E-state index is 13.5. The Bertz CT molecular complexity index is 1990. The van der Waals surface area contributed by atoms with Crippen LogP contribution in [0.5, 0.6) is 0 Å². The molecule has 0 aliphatic carbocycles. The second-order valence-corrected chi connectivity index (χ2v) is 11.8. The van der Waals surface area contributed by atoms with E-state index in [4.69, 9.17) is 4.42 Å². The van der Waals surface area contributed by atoms with Crippen LogP contribution in [0.3, 0.4) is 0 Å². The molecular weight excluding hydrogens is 622 g/mol. The van der Waals surface area contributed by atoms with Gasteiger partial charge in [0.05, 0.1) is 17.0 Å². The van der Waals surface area contributed by atoms with Gasteiger partial charge in [-0.2, -0.15) is 0 Å². The van der Waals surface area contributed by atoms with E-state index in [1.807, 2.05) is 80.6 Å². The molecular formula is C38H35N5O6. The van der Waals surface area contributed by atoms with E-state index in [2.05, 4.69) is 20.9 Å². The number of hydrogen-bond donors (Lipinski definition) is 3. The predicted octanol–water partition coefficient (Wildman–Crippen LogP) is 5.57. The number of aliphatic imine (C=N–C) groups is 1. The zero-order valence-corrected chi connectivity index (χ0v) is 27.0. The Morgan fingerprint density at radius 2 is 1.82 bits per heavy atom. The maximum atomic E-state index is 13.5. The number of para-hydroxylation sites is 1. The number of anilines is 1. The van der Waals surface area contributed by atoms with Crippen LogP contribution in [0, 0.1) is 0 Å². The third kappa shape index (κ3) is 6.96. The van der Waals surface area contributed by atoms with Crippen molar-refractivity contribution in [3.05, 3.63) is 125 Å².